The fraction of sp³-hybridized carbons (Fsp3) is 0.714. The van der Waals surface area contributed by atoms with Gasteiger partial charge < -0.3 is 5.32 Å². The molecule has 1 fully saturated rings. The van der Waals surface area contributed by atoms with Gasteiger partial charge in [-0.15, -0.1) is 11.3 Å². The molecule has 2 heteroatoms. The maximum Gasteiger partial charge on any atom is 0.0562 e. The quantitative estimate of drug-likeness (QED) is 0.826. The van der Waals surface area contributed by atoms with Crippen molar-refractivity contribution in [3.63, 3.8) is 0 Å². The summed E-state index contributed by atoms with van der Waals surface area (Å²) in [6.45, 7) is 8.33. The van der Waals surface area contributed by atoms with Gasteiger partial charge in [-0.2, -0.15) is 0 Å². The zero-order valence-electron chi connectivity index (χ0n) is 10.5. The van der Waals surface area contributed by atoms with Crippen LogP contribution in [-0.2, 0) is 12.0 Å². The monoisotopic (exact) mass is 235 g/mol. The van der Waals surface area contributed by atoms with Gasteiger partial charge in [0.1, 0.15) is 0 Å². The summed E-state index contributed by atoms with van der Waals surface area (Å²) in [5.74, 6) is 0.836. The van der Waals surface area contributed by atoms with Gasteiger partial charge in [0, 0.05) is 11.4 Å². The van der Waals surface area contributed by atoms with Crippen LogP contribution in [0.3, 0.4) is 0 Å². The molecular weight excluding hydrogens is 214 g/mol. The standard InChI is InChI=1S/C14H21NS/c1-4-14(11-9-13(11,2)3)12-10(5-7-15-14)6-8-16-12/h6,8,11,15H,4-5,7,9H2,1-3H3. The molecule has 1 aliphatic carbocycles. The van der Waals surface area contributed by atoms with Crippen molar-refractivity contribution in [3.8, 4) is 0 Å². The predicted octanol–water partition coefficient (Wildman–Crippen LogP) is 3.55. The van der Waals surface area contributed by atoms with Crippen LogP contribution < -0.4 is 5.32 Å². The van der Waals surface area contributed by atoms with E-state index < -0.39 is 0 Å². The second-order valence-corrected chi connectivity index (χ2v) is 6.94. The molecule has 0 bridgehead atoms. The molecular formula is C14H21NS. The molecule has 3 rings (SSSR count). The van der Waals surface area contributed by atoms with E-state index in [4.69, 9.17) is 0 Å². The molecule has 1 aromatic rings. The van der Waals surface area contributed by atoms with E-state index in [1.807, 2.05) is 11.3 Å². The Hall–Kier alpha value is -0.340. The molecule has 2 aliphatic rings. The van der Waals surface area contributed by atoms with Gasteiger partial charge >= 0.3 is 0 Å². The zero-order chi connectivity index (χ0) is 11.4. The highest BCUT2D eigenvalue weighted by molar-refractivity contribution is 7.10. The number of fused-ring (bicyclic) bond motifs is 1. The minimum absolute atomic E-state index is 0.297. The van der Waals surface area contributed by atoms with Crippen LogP contribution in [0, 0.1) is 11.3 Å². The highest BCUT2D eigenvalue weighted by atomic mass is 32.1. The van der Waals surface area contributed by atoms with Crippen LogP contribution in [0.5, 0.6) is 0 Å². The van der Waals surface area contributed by atoms with Crippen LogP contribution in [-0.4, -0.2) is 6.54 Å². The van der Waals surface area contributed by atoms with Crippen molar-refractivity contribution in [3.05, 3.63) is 21.9 Å². The van der Waals surface area contributed by atoms with Crippen LogP contribution in [0.1, 0.15) is 44.1 Å². The molecule has 88 valence electrons. The highest BCUT2D eigenvalue weighted by Crippen LogP contribution is 2.62. The molecule has 0 amide bonds. The van der Waals surface area contributed by atoms with E-state index in [1.54, 1.807) is 10.4 Å². The van der Waals surface area contributed by atoms with E-state index in [0.717, 1.165) is 12.5 Å². The summed E-state index contributed by atoms with van der Waals surface area (Å²) in [6.07, 6.45) is 3.83. The Morgan fingerprint density at radius 1 is 1.50 bits per heavy atom. The molecule has 1 aromatic heterocycles. The predicted molar refractivity (Wildman–Crippen MR) is 69.9 cm³/mol. The smallest absolute Gasteiger partial charge is 0.0562 e. The van der Waals surface area contributed by atoms with Gasteiger partial charge in [0.2, 0.25) is 0 Å². The molecule has 2 unspecified atom stereocenters. The minimum Gasteiger partial charge on any atom is -0.306 e. The van der Waals surface area contributed by atoms with Crippen molar-refractivity contribution in [2.75, 3.05) is 6.54 Å². The maximum atomic E-state index is 3.85. The van der Waals surface area contributed by atoms with Crippen molar-refractivity contribution in [1.29, 1.82) is 0 Å². The van der Waals surface area contributed by atoms with Gasteiger partial charge in [0.05, 0.1) is 5.54 Å². The van der Waals surface area contributed by atoms with E-state index in [2.05, 4.69) is 37.5 Å². The number of hydrogen-bond donors (Lipinski definition) is 1. The fourth-order valence-corrected chi connectivity index (χ4v) is 4.81. The molecule has 16 heavy (non-hydrogen) atoms. The van der Waals surface area contributed by atoms with Crippen molar-refractivity contribution in [2.24, 2.45) is 11.3 Å². The Kier molecular flexibility index (Phi) is 2.25. The van der Waals surface area contributed by atoms with Crippen molar-refractivity contribution in [1.82, 2.24) is 5.32 Å². The molecule has 1 N–H and O–H groups in total. The first-order valence-corrected chi connectivity index (χ1v) is 7.30. The number of nitrogens with one attached hydrogen (secondary N) is 1. The van der Waals surface area contributed by atoms with Crippen LogP contribution in [0.25, 0.3) is 0 Å². The Balaban J connectivity index is 2.04. The third-order valence-electron chi connectivity index (χ3n) is 4.65. The van der Waals surface area contributed by atoms with E-state index in [9.17, 15) is 0 Å². The lowest BCUT2D eigenvalue weighted by Crippen LogP contribution is -2.48. The topological polar surface area (TPSA) is 12.0 Å². The van der Waals surface area contributed by atoms with Crippen LogP contribution in [0.4, 0.5) is 0 Å². The fourth-order valence-electron chi connectivity index (χ4n) is 3.55. The van der Waals surface area contributed by atoms with Gasteiger partial charge in [0.15, 0.2) is 0 Å². The first-order valence-electron chi connectivity index (χ1n) is 6.42. The summed E-state index contributed by atoms with van der Waals surface area (Å²) in [5, 5.41) is 6.13. The molecule has 2 heterocycles. The summed E-state index contributed by atoms with van der Waals surface area (Å²) < 4.78 is 0. The zero-order valence-corrected chi connectivity index (χ0v) is 11.3. The Morgan fingerprint density at radius 2 is 2.25 bits per heavy atom. The van der Waals surface area contributed by atoms with Crippen LogP contribution in [0.2, 0.25) is 0 Å². The Morgan fingerprint density at radius 3 is 2.88 bits per heavy atom. The summed E-state index contributed by atoms with van der Waals surface area (Å²) in [4.78, 5) is 1.64. The average molecular weight is 235 g/mol. The van der Waals surface area contributed by atoms with E-state index in [1.165, 1.54) is 19.3 Å². The maximum absolute atomic E-state index is 3.85. The number of thiophene rings is 1. The number of rotatable bonds is 2. The normalized spacial score (nSPS) is 35.8. The van der Waals surface area contributed by atoms with Gasteiger partial charge in [-0.25, -0.2) is 0 Å². The lowest BCUT2D eigenvalue weighted by Gasteiger charge is -2.39. The van der Waals surface area contributed by atoms with Crippen LogP contribution >= 0.6 is 11.3 Å². The van der Waals surface area contributed by atoms with Crippen LogP contribution in [0.15, 0.2) is 11.4 Å². The largest absolute Gasteiger partial charge is 0.306 e. The van der Waals surface area contributed by atoms with E-state index in [0.29, 0.717) is 11.0 Å². The summed E-state index contributed by atoms with van der Waals surface area (Å²) in [5.41, 5.74) is 2.45. The Labute approximate surface area is 102 Å². The van der Waals surface area contributed by atoms with Crippen molar-refractivity contribution in [2.45, 2.75) is 45.6 Å². The molecule has 0 aromatic carbocycles. The lowest BCUT2D eigenvalue weighted by molar-refractivity contribution is 0.238. The van der Waals surface area contributed by atoms with Gasteiger partial charge in [-0.1, -0.05) is 20.8 Å². The summed E-state index contributed by atoms with van der Waals surface area (Å²) in [6, 6.07) is 2.33. The third-order valence-corrected chi connectivity index (χ3v) is 5.79. The SMILES string of the molecule is CCC1(C2CC2(C)C)NCCc2ccsc21. The third kappa shape index (κ3) is 1.32. The lowest BCUT2D eigenvalue weighted by atomic mass is 9.80. The van der Waals surface area contributed by atoms with Crippen molar-refractivity contribution < 1.29 is 0 Å². The van der Waals surface area contributed by atoms with E-state index >= 15 is 0 Å². The highest BCUT2D eigenvalue weighted by Gasteiger charge is 2.59. The Bertz CT molecular complexity index is 407. The molecule has 0 saturated heterocycles. The van der Waals surface area contributed by atoms with Crippen molar-refractivity contribution >= 4 is 11.3 Å². The molecule has 0 spiro atoms. The molecule has 2 atom stereocenters. The summed E-state index contributed by atoms with van der Waals surface area (Å²) >= 11 is 1.96. The van der Waals surface area contributed by atoms with E-state index in [-0.39, 0.29) is 0 Å². The second kappa shape index (κ2) is 3.33. The number of hydrogen-bond acceptors (Lipinski definition) is 2. The molecule has 1 nitrogen and oxygen atoms in total. The second-order valence-electron chi connectivity index (χ2n) is 6.02. The molecule has 1 saturated carbocycles. The van der Waals surface area contributed by atoms with Gasteiger partial charge in [-0.05, 0) is 47.6 Å². The molecule has 0 radical (unpaired) electrons. The minimum atomic E-state index is 0.297. The first kappa shape index (κ1) is 10.8. The average Bonchev–Trinajstić information content (AvgIpc) is 2.73. The first-order chi connectivity index (χ1) is 7.60. The van der Waals surface area contributed by atoms with Gasteiger partial charge in [0.25, 0.3) is 0 Å². The molecule has 1 aliphatic heterocycles. The summed E-state index contributed by atoms with van der Waals surface area (Å²) in [7, 11) is 0. The van der Waals surface area contributed by atoms with Gasteiger partial charge in [-0.3, -0.25) is 0 Å².